The quantitative estimate of drug-likeness (QED) is 0.566. The minimum Gasteiger partial charge on any atom is -0.497 e. The van der Waals surface area contributed by atoms with Crippen LogP contribution in [0.2, 0.25) is 0 Å². The fraction of sp³-hybridized carbons (Fsp3) is 0.308. The Bertz CT molecular complexity index is 1190. The Hall–Kier alpha value is -3.78. The number of carbonyl (C=O) groups excluding carboxylic acids is 1. The van der Waals surface area contributed by atoms with Gasteiger partial charge in [0, 0.05) is 18.0 Å². The van der Waals surface area contributed by atoms with E-state index in [0.29, 0.717) is 31.2 Å². The smallest absolute Gasteiger partial charge is 0.251 e. The van der Waals surface area contributed by atoms with Crippen molar-refractivity contribution in [1.82, 2.24) is 20.3 Å². The van der Waals surface area contributed by atoms with Crippen molar-refractivity contribution in [2.45, 2.75) is 38.9 Å². The van der Waals surface area contributed by atoms with Crippen LogP contribution in [0.5, 0.6) is 11.5 Å². The van der Waals surface area contributed by atoms with Gasteiger partial charge in [0.05, 0.1) is 26.3 Å². The molecule has 0 bridgehead atoms. The van der Waals surface area contributed by atoms with E-state index in [1.807, 2.05) is 73.6 Å². The normalized spacial score (nSPS) is 19.4. The van der Waals surface area contributed by atoms with Gasteiger partial charge in [-0.05, 0) is 62.2 Å². The molecular weight excluding hydrogens is 432 g/mol. The highest BCUT2D eigenvalue weighted by Gasteiger charge is 2.40. The van der Waals surface area contributed by atoms with Gasteiger partial charge >= 0.3 is 0 Å². The second-order valence-electron chi connectivity index (χ2n) is 8.36. The molecular formula is C26H28N4O4. The summed E-state index contributed by atoms with van der Waals surface area (Å²) in [5, 5.41) is 1.90. The lowest BCUT2D eigenvalue weighted by Crippen LogP contribution is -2.47. The predicted molar refractivity (Wildman–Crippen MR) is 127 cm³/mol. The van der Waals surface area contributed by atoms with Gasteiger partial charge < -0.3 is 23.8 Å². The van der Waals surface area contributed by atoms with Crippen molar-refractivity contribution in [3.05, 3.63) is 77.9 Å². The third kappa shape index (κ3) is 4.24. The highest BCUT2D eigenvalue weighted by atomic mass is 16.5. The van der Waals surface area contributed by atoms with Gasteiger partial charge in [0.25, 0.3) is 5.91 Å². The first-order valence-corrected chi connectivity index (χ1v) is 11.4. The van der Waals surface area contributed by atoms with Gasteiger partial charge in [0.15, 0.2) is 0 Å². The maximum atomic E-state index is 13.3. The number of ether oxygens (including phenoxy) is 2. The number of hydrogen-bond donors (Lipinski definition) is 1. The van der Waals surface area contributed by atoms with Gasteiger partial charge in [0.1, 0.15) is 29.0 Å². The van der Waals surface area contributed by atoms with Crippen molar-refractivity contribution in [2.24, 2.45) is 0 Å². The lowest BCUT2D eigenvalue weighted by molar-refractivity contribution is -0.135. The van der Waals surface area contributed by atoms with Crippen molar-refractivity contribution in [3.8, 4) is 23.0 Å². The second kappa shape index (κ2) is 9.23. The lowest BCUT2D eigenvalue weighted by Gasteiger charge is -2.31. The van der Waals surface area contributed by atoms with Gasteiger partial charge in [-0.2, -0.15) is 0 Å². The molecule has 1 amide bonds. The number of oxazole rings is 1. The van der Waals surface area contributed by atoms with Gasteiger partial charge in [-0.25, -0.2) is 10.4 Å². The zero-order valence-electron chi connectivity index (χ0n) is 19.5. The third-order valence-electron chi connectivity index (χ3n) is 6.22. The van der Waals surface area contributed by atoms with E-state index in [4.69, 9.17) is 13.9 Å². The van der Waals surface area contributed by atoms with Crippen molar-refractivity contribution < 1.29 is 18.7 Å². The van der Waals surface area contributed by atoms with E-state index in [-0.39, 0.29) is 18.0 Å². The van der Waals surface area contributed by atoms with Crippen LogP contribution in [0, 0.1) is 6.92 Å². The van der Waals surface area contributed by atoms with Gasteiger partial charge in [-0.15, -0.1) is 0 Å². The number of carbonyl (C=O) groups is 1. The van der Waals surface area contributed by atoms with E-state index in [9.17, 15) is 4.79 Å². The number of aromatic nitrogens is 1. The average molecular weight is 461 g/mol. The van der Waals surface area contributed by atoms with Crippen LogP contribution in [-0.2, 0) is 11.3 Å². The summed E-state index contributed by atoms with van der Waals surface area (Å²) in [6.45, 7) is 4.84. The Morgan fingerprint density at radius 3 is 2.53 bits per heavy atom. The van der Waals surface area contributed by atoms with E-state index >= 15 is 0 Å². The summed E-state index contributed by atoms with van der Waals surface area (Å²) >= 11 is 0. The molecule has 8 heteroatoms. The van der Waals surface area contributed by atoms with Crippen LogP contribution < -0.4 is 14.9 Å². The van der Waals surface area contributed by atoms with Crippen LogP contribution in [0.15, 0.2) is 65.3 Å². The average Bonchev–Trinajstić information content (AvgIpc) is 3.46. The highest BCUT2D eigenvalue weighted by Crippen LogP contribution is 2.32. The first kappa shape index (κ1) is 22.0. The summed E-state index contributed by atoms with van der Waals surface area (Å²) in [5.74, 6) is 2.89. The first-order valence-electron chi connectivity index (χ1n) is 11.4. The van der Waals surface area contributed by atoms with Gasteiger partial charge in [-0.1, -0.05) is 12.1 Å². The molecule has 0 saturated carbocycles. The van der Waals surface area contributed by atoms with E-state index in [1.54, 1.807) is 18.2 Å². The molecule has 1 aromatic heterocycles. The minimum atomic E-state index is -0.269. The summed E-state index contributed by atoms with van der Waals surface area (Å²) in [5.41, 5.74) is 6.17. The van der Waals surface area contributed by atoms with Crippen LogP contribution in [0.25, 0.3) is 11.5 Å². The number of fused-ring (bicyclic) bond motifs is 1. The van der Waals surface area contributed by atoms with Crippen LogP contribution in [0.1, 0.15) is 36.4 Å². The fourth-order valence-electron chi connectivity index (χ4n) is 4.34. The third-order valence-corrected chi connectivity index (χ3v) is 6.22. The van der Waals surface area contributed by atoms with Crippen molar-refractivity contribution in [3.63, 3.8) is 0 Å². The highest BCUT2D eigenvalue weighted by molar-refractivity contribution is 5.84. The Labute approximate surface area is 198 Å². The van der Waals surface area contributed by atoms with Gasteiger partial charge in [0.2, 0.25) is 5.89 Å². The number of aryl methyl sites for hydroxylation is 1. The SMILES string of the molecule is CCOc1ccc(C2CC3C(=O)N(Cc4nc(-c5ccc(OC)cc5)oc4C)C=CN3N2)cc1. The molecule has 0 radical (unpaired) electrons. The molecule has 8 nitrogen and oxygen atoms in total. The monoisotopic (exact) mass is 460 g/mol. The second-order valence-corrected chi connectivity index (χ2v) is 8.36. The van der Waals surface area contributed by atoms with E-state index < -0.39 is 0 Å². The number of rotatable bonds is 7. The molecule has 176 valence electrons. The molecule has 0 spiro atoms. The van der Waals surface area contributed by atoms with E-state index in [0.717, 1.165) is 28.3 Å². The van der Waals surface area contributed by atoms with Crippen LogP contribution in [-0.4, -0.2) is 40.6 Å². The topological polar surface area (TPSA) is 80.1 Å². The fourth-order valence-corrected chi connectivity index (χ4v) is 4.34. The molecule has 2 aromatic carbocycles. The Balaban J connectivity index is 1.27. The zero-order valence-corrected chi connectivity index (χ0v) is 19.5. The number of nitrogens with zero attached hydrogens (tertiary/aromatic N) is 3. The number of amides is 1. The van der Waals surface area contributed by atoms with Crippen LogP contribution in [0.4, 0.5) is 0 Å². The molecule has 3 aromatic rings. The standard InChI is InChI=1S/C26H28N4O4/c1-4-33-21-11-5-18(6-12-21)22-15-24-26(31)29(13-14-30(24)28-22)16-23-17(2)34-25(27-23)19-7-9-20(32-3)10-8-19/h5-14,22,24,28H,4,15-16H2,1-3H3. The summed E-state index contributed by atoms with van der Waals surface area (Å²) in [6, 6.07) is 15.4. The Morgan fingerprint density at radius 2 is 1.82 bits per heavy atom. The largest absolute Gasteiger partial charge is 0.497 e. The maximum Gasteiger partial charge on any atom is 0.251 e. The number of benzene rings is 2. The molecule has 1 saturated heterocycles. The minimum absolute atomic E-state index is 0.0387. The predicted octanol–water partition coefficient (Wildman–Crippen LogP) is 4.19. The molecule has 5 rings (SSSR count). The molecule has 2 aliphatic rings. The molecule has 2 unspecified atom stereocenters. The molecule has 1 fully saturated rings. The van der Waals surface area contributed by atoms with Crippen molar-refractivity contribution in [1.29, 1.82) is 0 Å². The summed E-state index contributed by atoms with van der Waals surface area (Å²) in [6.07, 6.45) is 4.40. The zero-order chi connectivity index (χ0) is 23.7. The number of hydrazine groups is 1. The number of nitrogens with one attached hydrogen (secondary N) is 1. The van der Waals surface area contributed by atoms with E-state index in [1.165, 1.54) is 0 Å². The molecule has 1 N–H and O–H groups in total. The molecule has 0 aliphatic carbocycles. The first-order chi connectivity index (χ1) is 16.6. The van der Waals surface area contributed by atoms with Gasteiger partial charge in [-0.3, -0.25) is 4.79 Å². The summed E-state index contributed by atoms with van der Waals surface area (Å²) in [4.78, 5) is 19.7. The van der Waals surface area contributed by atoms with E-state index in [2.05, 4.69) is 10.4 Å². The molecule has 34 heavy (non-hydrogen) atoms. The maximum absolute atomic E-state index is 13.3. The molecule has 3 heterocycles. The van der Waals surface area contributed by atoms with Crippen molar-refractivity contribution >= 4 is 5.91 Å². The number of methoxy groups -OCH3 is 1. The number of hydrogen-bond acceptors (Lipinski definition) is 7. The lowest BCUT2D eigenvalue weighted by atomic mass is 10.0. The summed E-state index contributed by atoms with van der Waals surface area (Å²) < 4.78 is 16.6. The molecule has 2 atom stereocenters. The Kier molecular flexibility index (Phi) is 5.98. The van der Waals surface area contributed by atoms with Crippen LogP contribution >= 0.6 is 0 Å². The molecule has 2 aliphatic heterocycles. The summed E-state index contributed by atoms with van der Waals surface area (Å²) in [7, 11) is 1.63. The van der Waals surface area contributed by atoms with Crippen LogP contribution in [0.3, 0.4) is 0 Å². The Morgan fingerprint density at radius 1 is 1.09 bits per heavy atom. The van der Waals surface area contributed by atoms with Crippen molar-refractivity contribution in [2.75, 3.05) is 13.7 Å².